The van der Waals surface area contributed by atoms with Gasteiger partial charge in [-0.2, -0.15) is 5.10 Å². The molecule has 6 nitrogen and oxygen atoms in total. The van der Waals surface area contributed by atoms with E-state index in [2.05, 4.69) is 10.5 Å². The molecule has 2 rings (SSSR count). The minimum absolute atomic E-state index is 0.345. The summed E-state index contributed by atoms with van der Waals surface area (Å²) >= 11 is 5.79. The molecule has 1 amide bonds. The van der Waals surface area contributed by atoms with Crippen molar-refractivity contribution in [3.63, 3.8) is 0 Å². The van der Waals surface area contributed by atoms with Crippen LogP contribution in [0.3, 0.4) is 0 Å². The molecule has 0 atom stereocenters. The summed E-state index contributed by atoms with van der Waals surface area (Å²) in [6.07, 6.45) is 1.47. The van der Waals surface area contributed by atoms with Crippen molar-refractivity contribution >= 4 is 23.7 Å². The predicted octanol–water partition coefficient (Wildman–Crippen LogP) is 3.13. The van der Waals surface area contributed by atoms with Crippen LogP contribution in [0.5, 0.6) is 17.2 Å². The van der Waals surface area contributed by atoms with Gasteiger partial charge in [0.1, 0.15) is 5.75 Å². The molecule has 0 heterocycles. The van der Waals surface area contributed by atoms with Crippen LogP contribution in [0.4, 0.5) is 0 Å². The van der Waals surface area contributed by atoms with E-state index < -0.39 is 0 Å². The lowest BCUT2D eigenvalue weighted by Crippen LogP contribution is -2.17. The van der Waals surface area contributed by atoms with E-state index in [1.54, 1.807) is 36.4 Å². The highest BCUT2D eigenvalue weighted by Crippen LogP contribution is 2.33. The second kappa shape index (κ2) is 8.21. The molecule has 0 saturated heterocycles. The number of carbonyl (C=O) groups excluding carboxylic acids is 1. The number of hydrazone groups is 1. The zero-order valence-corrected chi connectivity index (χ0v) is 14.3. The van der Waals surface area contributed by atoms with Crippen molar-refractivity contribution in [1.29, 1.82) is 0 Å². The Morgan fingerprint density at radius 2 is 1.58 bits per heavy atom. The summed E-state index contributed by atoms with van der Waals surface area (Å²) in [6.45, 7) is 0. The fourth-order valence-corrected chi connectivity index (χ4v) is 2.11. The van der Waals surface area contributed by atoms with E-state index in [9.17, 15) is 4.79 Å². The normalized spacial score (nSPS) is 10.5. The molecule has 2 aromatic carbocycles. The molecule has 0 aliphatic rings. The number of nitrogens with one attached hydrogen (secondary N) is 1. The molecule has 0 aromatic heterocycles. The Bertz CT molecular complexity index is 745. The second-order valence-electron chi connectivity index (χ2n) is 4.66. The third-order valence-electron chi connectivity index (χ3n) is 3.21. The molecule has 0 radical (unpaired) electrons. The minimum atomic E-state index is -0.345. The molecule has 0 fully saturated rings. The molecular formula is C17H17ClN2O4. The summed E-state index contributed by atoms with van der Waals surface area (Å²) < 4.78 is 15.7. The van der Waals surface area contributed by atoms with Gasteiger partial charge in [0.2, 0.25) is 0 Å². The number of methoxy groups -OCH3 is 3. The van der Waals surface area contributed by atoms with Crippen molar-refractivity contribution in [2.75, 3.05) is 21.3 Å². The third kappa shape index (κ3) is 4.17. The molecule has 7 heteroatoms. The predicted molar refractivity (Wildman–Crippen MR) is 92.6 cm³/mol. The van der Waals surface area contributed by atoms with Gasteiger partial charge in [0.25, 0.3) is 5.91 Å². The Morgan fingerprint density at radius 1 is 1.00 bits per heavy atom. The van der Waals surface area contributed by atoms with E-state index in [1.807, 2.05) is 0 Å². The van der Waals surface area contributed by atoms with E-state index in [1.165, 1.54) is 27.5 Å². The maximum absolute atomic E-state index is 12.0. The van der Waals surface area contributed by atoms with Gasteiger partial charge < -0.3 is 14.2 Å². The van der Waals surface area contributed by atoms with Gasteiger partial charge >= 0.3 is 0 Å². The molecule has 0 aliphatic carbocycles. The summed E-state index contributed by atoms with van der Waals surface area (Å²) in [5, 5.41) is 4.51. The number of benzene rings is 2. The van der Waals surface area contributed by atoms with Gasteiger partial charge in [-0.05, 0) is 30.3 Å². The van der Waals surface area contributed by atoms with Crippen LogP contribution in [0.2, 0.25) is 5.02 Å². The number of ether oxygens (including phenoxy) is 3. The quantitative estimate of drug-likeness (QED) is 0.643. The average molecular weight is 349 g/mol. The lowest BCUT2D eigenvalue weighted by Gasteiger charge is -2.11. The summed E-state index contributed by atoms with van der Waals surface area (Å²) in [5.74, 6) is 1.26. The van der Waals surface area contributed by atoms with Gasteiger partial charge in [-0.15, -0.1) is 0 Å². The molecular weight excluding hydrogens is 332 g/mol. The zero-order chi connectivity index (χ0) is 17.5. The van der Waals surface area contributed by atoms with Gasteiger partial charge in [-0.25, -0.2) is 5.43 Å². The van der Waals surface area contributed by atoms with Crippen molar-refractivity contribution < 1.29 is 19.0 Å². The van der Waals surface area contributed by atoms with Crippen molar-refractivity contribution in [1.82, 2.24) is 5.43 Å². The van der Waals surface area contributed by atoms with Crippen LogP contribution in [-0.2, 0) is 0 Å². The summed E-state index contributed by atoms with van der Waals surface area (Å²) in [5.41, 5.74) is 3.53. The number of hydrogen-bond donors (Lipinski definition) is 1. The number of nitrogens with zero attached hydrogens (tertiary/aromatic N) is 1. The lowest BCUT2D eigenvalue weighted by molar-refractivity contribution is 0.0955. The number of carbonyl (C=O) groups is 1. The Labute approximate surface area is 145 Å². The number of rotatable bonds is 6. The van der Waals surface area contributed by atoms with Crippen molar-refractivity contribution in [2.45, 2.75) is 0 Å². The van der Waals surface area contributed by atoms with E-state index in [0.29, 0.717) is 33.4 Å². The Kier molecular flexibility index (Phi) is 6.03. The Balaban J connectivity index is 2.16. The lowest BCUT2D eigenvalue weighted by atomic mass is 10.2. The minimum Gasteiger partial charge on any atom is -0.496 e. The zero-order valence-electron chi connectivity index (χ0n) is 13.5. The monoisotopic (exact) mass is 348 g/mol. The topological polar surface area (TPSA) is 69.2 Å². The van der Waals surface area contributed by atoms with Gasteiger partial charge in [-0.1, -0.05) is 11.6 Å². The highest BCUT2D eigenvalue weighted by atomic mass is 35.5. The summed E-state index contributed by atoms with van der Waals surface area (Å²) in [4.78, 5) is 12.0. The van der Waals surface area contributed by atoms with Crippen LogP contribution in [0.15, 0.2) is 41.5 Å². The maximum atomic E-state index is 12.0. The smallest absolute Gasteiger partial charge is 0.271 e. The van der Waals surface area contributed by atoms with Crippen LogP contribution in [-0.4, -0.2) is 33.5 Å². The molecule has 0 spiro atoms. The van der Waals surface area contributed by atoms with Gasteiger partial charge in [0, 0.05) is 22.2 Å². The number of amides is 1. The molecule has 24 heavy (non-hydrogen) atoms. The van der Waals surface area contributed by atoms with Crippen LogP contribution in [0.1, 0.15) is 15.9 Å². The number of hydrogen-bond acceptors (Lipinski definition) is 5. The standard InChI is InChI=1S/C17H17ClN2O4/c1-22-14-9-16(24-3)15(23-2)8-12(14)10-19-20-17(21)11-4-6-13(18)7-5-11/h4-10H,1-3H3,(H,20,21)/b19-10-. The van der Waals surface area contributed by atoms with Gasteiger partial charge in [0.15, 0.2) is 11.5 Å². The number of halogens is 1. The fourth-order valence-electron chi connectivity index (χ4n) is 1.98. The maximum Gasteiger partial charge on any atom is 0.271 e. The SMILES string of the molecule is COc1cc(OC)c(OC)cc1/C=N\NC(=O)c1ccc(Cl)cc1. The Morgan fingerprint density at radius 3 is 2.17 bits per heavy atom. The van der Waals surface area contributed by atoms with E-state index in [4.69, 9.17) is 25.8 Å². The molecule has 2 aromatic rings. The first-order valence-corrected chi connectivity index (χ1v) is 7.35. The average Bonchev–Trinajstić information content (AvgIpc) is 2.61. The fraction of sp³-hybridized carbons (Fsp3) is 0.176. The molecule has 1 N–H and O–H groups in total. The molecule has 126 valence electrons. The van der Waals surface area contributed by atoms with E-state index >= 15 is 0 Å². The van der Waals surface area contributed by atoms with Crippen molar-refractivity contribution in [3.05, 3.63) is 52.5 Å². The van der Waals surface area contributed by atoms with Crippen LogP contribution in [0, 0.1) is 0 Å². The van der Waals surface area contributed by atoms with Crippen LogP contribution < -0.4 is 19.6 Å². The van der Waals surface area contributed by atoms with Gasteiger partial charge in [-0.3, -0.25) is 4.79 Å². The van der Waals surface area contributed by atoms with Crippen LogP contribution in [0.25, 0.3) is 0 Å². The van der Waals surface area contributed by atoms with Gasteiger partial charge in [0.05, 0.1) is 27.5 Å². The first-order chi connectivity index (χ1) is 11.6. The van der Waals surface area contributed by atoms with Crippen molar-refractivity contribution in [3.8, 4) is 17.2 Å². The van der Waals surface area contributed by atoms with E-state index in [-0.39, 0.29) is 5.91 Å². The first kappa shape index (κ1) is 17.6. The Hall–Kier alpha value is -2.73. The summed E-state index contributed by atoms with van der Waals surface area (Å²) in [7, 11) is 4.61. The third-order valence-corrected chi connectivity index (χ3v) is 3.46. The van der Waals surface area contributed by atoms with Crippen LogP contribution >= 0.6 is 11.6 Å². The molecule has 0 aliphatic heterocycles. The van der Waals surface area contributed by atoms with E-state index in [0.717, 1.165) is 0 Å². The first-order valence-electron chi connectivity index (χ1n) is 6.98. The second-order valence-corrected chi connectivity index (χ2v) is 5.09. The summed E-state index contributed by atoms with van der Waals surface area (Å²) in [6, 6.07) is 9.89. The highest BCUT2D eigenvalue weighted by Gasteiger charge is 2.10. The largest absolute Gasteiger partial charge is 0.496 e. The molecule has 0 saturated carbocycles. The highest BCUT2D eigenvalue weighted by molar-refractivity contribution is 6.30. The molecule has 0 unspecified atom stereocenters. The van der Waals surface area contributed by atoms with Crippen molar-refractivity contribution in [2.24, 2.45) is 5.10 Å². The molecule has 0 bridgehead atoms.